The van der Waals surface area contributed by atoms with Gasteiger partial charge in [-0.3, -0.25) is 4.79 Å². The van der Waals surface area contributed by atoms with Crippen molar-refractivity contribution in [3.05, 3.63) is 28.8 Å². The van der Waals surface area contributed by atoms with Crippen LogP contribution >= 0.6 is 0 Å². The average molecular weight is 339 g/mol. The molecule has 1 atom stereocenters. The lowest BCUT2D eigenvalue weighted by Gasteiger charge is -2.14. The molecule has 0 aliphatic carbocycles. The largest absolute Gasteiger partial charge is 0.352 e. The zero-order valence-electron chi connectivity index (χ0n) is 13.9. The first-order chi connectivity index (χ1) is 10.8. The van der Waals surface area contributed by atoms with E-state index in [1.807, 2.05) is 19.1 Å². The SMILES string of the molecule is Cc1cc(C)c(S(=O)(=O)NCCC(=O)NC2CCNC2)c(C)c1. The summed E-state index contributed by atoms with van der Waals surface area (Å²) in [5.41, 5.74) is 2.47. The third-order valence-corrected chi connectivity index (χ3v) is 5.71. The van der Waals surface area contributed by atoms with E-state index in [0.717, 1.165) is 36.2 Å². The maximum absolute atomic E-state index is 12.5. The third-order valence-electron chi connectivity index (χ3n) is 3.94. The number of sulfonamides is 1. The Hall–Kier alpha value is -1.44. The van der Waals surface area contributed by atoms with E-state index in [4.69, 9.17) is 0 Å². The van der Waals surface area contributed by atoms with Crippen LogP contribution in [-0.2, 0) is 14.8 Å². The molecule has 1 aliphatic heterocycles. The van der Waals surface area contributed by atoms with Crippen LogP contribution in [0.15, 0.2) is 17.0 Å². The van der Waals surface area contributed by atoms with Crippen LogP contribution in [0, 0.1) is 20.8 Å². The molecule has 1 fully saturated rings. The predicted octanol–water partition coefficient (Wildman–Crippen LogP) is 0.758. The van der Waals surface area contributed by atoms with Crippen LogP contribution in [0.4, 0.5) is 0 Å². The van der Waals surface area contributed by atoms with Gasteiger partial charge in [-0.1, -0.05) is 17.7 Å². The molecule has 1 amide bonds. The molecule has 3 N–H and O–H groups in total. The van der Waals surface area contributed by atoms with Crippen LogP contribution in [-0.4, -0.2) is 40.0 Å². The van der Waals surface area contributed by atoms with E-state index in [1.165, 1.54) is 0 Å². The minimum Gasteiger partial charge on any atom is -0.352 e. The first kappa shape index (κ1) is 17.9. The molecule has 0 bridgehead atoms. The van der Waals surface area contributed by atoms with Gasteiger partial charge < -0.3 is 10.6 Å². The lowest BCUT2D eigenvalue weighted by molar-refractivity contribution is -0.121. The Kier molecular flexibility index (Phi) is 5.78. The maximum atomic E-state index is 12.5. The van der Waals surface area contributed by atoms with Crippen LogP contribution in [0.25, 0.3) is 0 Å². The Morgan fingerprint density at radius 2 is 1.91 bits per heavy atom. The smallest absolute Gasteiger partial charge is 0.241 e. The molecule has 128 valence electrons. The Morgan fingerprint density at radius 3 is 2.48 bits per heavy atom. The Morgan fingerprint density at radius 1 is 1.26 bits per heavy atom. The number of hydrogen-bond acceptors (Lipinski definition) is 4. The summed E-state index contributed by atoms with van der Waals surface area (Å²) in [5.74, 6) is -0.126. The molecule has 0 radical (unpaired) electrons. The van der Waals surface area contributed by atoms with Gasteiger partial charge in [-0.25, -0.2) is 13.1 Å². The summed E-state index contributed by atoms with van der Waals surface area (Å²) in [5, 5.41) is 6.07. The number of carbonyl (C=O) groups is 1. The minimum atomic E-state index is -3.60. The zero-order chi connectivity index (χ0) is 17.0. The number of amides is 1. The van der Waals surface area contributed by atoms with Crippen LogP contribution < -0.4 is 15.4 Å². The number of nitrogens with one attached hydrogen (secondary N) is 3. The van der Waals surface area contributed by atoms with Gasteiger partial charge in [0, 0.05) is 25.6 Å². The highest BCUT2D eigenvalue weighted by atomic mass is 32.2. The van der Waals surface area contributed by atoms with Crippen LogP contribution in [0.1, 0.15) is 29.5 Å². The van der Waals surface area contributed by atoms with E-state index in [2.05, 4.69) is 15.4 Å². The lowest BCUT2D eigenvalue weighted by atomic mass is 10.1. The molecule has 7 heteroatoms. The fourth-order valence-corrected chi connectivity index (χ4v) is 4.52. The van der Waals surface area contributed by atoms with Crippen molar-refractivity contribution in [1.29, 1.82) is 0 Å². The van der Waals surface area contributed by atoms with E-state index in [-0.39, 0.29) is 24.9 Å². The summed E-state index contributed by atoms with van der Waals surface area (Å²) in [6.45, 7) is 7.29. The Bertz CT molecular complexity index is 657. The van der Waals surface area contributed by atoms with E-state index < -0.39 is 10.0 Å². The molecule has 23 heavy (non-hydrogen) atoms. The van der Waals surface area contributed by atoms with Crippen molar-refractivity contribution >= 4 is 15.9 Å². The van der Waals surface area contributed by atoms with Crippen molar-refractivity contribution in [1.82, 2.24) is 15.4 Å². The Labute approximate surface area is 138 Å². The highest BCUT2D eigenvalue weighted by Gasteiger charge is 2.20. The first-order valence-electron chi connectivity index (χ1n) is 7.87. The van der Waals surface area contributed by atoms with Gasteiger partial charge in [0.05, 0.1) is 4.90 Å². The zero-order valence-corrected chi connectivity index (χ0v) is 14.7. The molecule has 2 rings (SSSR count). The van der Waals surface area contributed by atoms with E-state index in [1.54, 1.807) is 13.8 Å². The standard InChI is InChI=1S/C16H25N3O3S/c1-11-8-12(2)16(13(3)9-11)23(21,22)18-7-5-15(20)19-14-4-6-17-10-14/h8-9,14,17-18H,4-7,10H2,1-3H3,(H,19,20). The molecule has 0 spiro atoms. The number of benzene rings is 1. The van der Waals surface area contributed by atoms with Gasteiger partial charge >= 0.3 is 0 Å². The topological polar surface area (TPSA) is 87.3 Å². The lowest BCUT2D eigenvalue weighted by Crippen LogP contribution is -2.38. The molecular weight excluding hydrogens is 314 g/mol. The van der Waals surface area contributed by atoms with Gasteiger partial charge in [-0.05, 0) is 44.9 Å². The van der Waals surface area contributed by atoms with Gasteiger partial charge in [-0.15, -0.1) is 0 Å². The molecule has 1 saturated heterocycles. The number of carbonyl (C=O) groups excluding carboxylic acids is 1. The van der Waals surface area contributed by atoms with Crippen LogP contribution in [0.2, 0.25) is 0 Å². The fourth-order valence-electron chi connectivity index (χ4n) is 3.04. The summed E-state index contributed by atoms with van der Waals surface area (Å²) in [4.78, 5) is 12.1. The van der Waals surface area contributed by atoms with Gasteiger partial charge in [0.1, 0.15) is 0 Å². The average Bonchev–Trinajstić information content (AvgIpc) is 2.89. The van der Waals surface area contributed by atoms with Gasteiger partial charge in [0.15, 0.2) is 0 Å². The predicted molar refractivity (Wildman–Crippen MR) is 89.9 cm³/mol. The van der Waals surface area contributed by atoms with Crippen LogP contribution in [0.3, 0.4) is 0 Å². The number of hydrogen-bond donors (Lipinski definition) is 3. The summed E-state index contributed by atoms with van der Waals surface area (Å²) < 4.78 is 27.4. The van der Waals surface area contributed by atoms with E-state index in [0.29, 0.717) is 4.90 Å². The van der Waals surface area contributed by atoms with E-state index >= 15 is 0 Å². The molecule has 0 saturated carbocycles. The van der Waals surface area contributed by atoms with Crippen molar-refractivity contribution < 1.29 is 13.2 Å². The minimum absolute atomic E-state index is 0.0983. The molecule has 1 aromatic carbocycles. The number of aryl methyl sites for hydroxylation is 3. The van der Waals surface area contributed by atoms with E-state index in [9.17, 15) is 13.2 Å². The maximum Gasteiger partial charge on any atom is 0.241 e. The third kappa shape index (κ3) is 4.76. The molecule has 1 aliphatic rings. The summed E-state index contributed by atoms with van der Waals surface area (Å²) >= 11 is 0. The highest BCUT2D eigenvalue weighted by molar-refractivity contribution is 7.89. The molecule has 1 aromatic rings. The second-order valence-electron chi connectivity index (χ2n) is 6.13. The molecule has 1 heterocycles. The quantitative estimate of drug-likeness (QED) is 0.714. The Balaban J connectivity index is 1.93. The monoisotopic (exact) mass is 339 g/mol. The van der Waals surface area contributed by atoms with Crippen LogP contribution in [0.5, 0.6) is 0 Å². The molecule has 1 unspecified atom stereocenters. The molecule has 0 aromatic heterocycles. The number of rotatable bonds is 6. The molecular formula is C16H25N3O3S. The summed E-state index contributed by atoms with van der Waals surface area (Å²) in [6, 6.07) is 3.85. The second kappa shape index (κ2) is 7.42. The summed E-state index contributed by atoms with van der Waals surface area (Å²) in [6.07, 6.45) is 1.05. The van der Waals surface area contributed by atoms with Crippen molar-refractivity contribution in [3.8, 4) is 0 Å². The molecule has 6 nitrogen and oxygen atoms in total. The van der Waals surface area contributed by atoms with Gasteiger partial charge in [0.25, 0.3) is 0 Å². The van der Waals surface area contributed by atoms with Crippen molar-refractivity contribution in [2.75, 3.05) is 19.6 Å². The van der Waals surface area contributed by atoms with Gasteiger partial charge in [-0.2, -0.15) is 0 Å². The van der Waals surface area contributed by atoms with Crippen molar-refractivity contribution in [3.63, 3.8) is 0 Å². The van der Waals surface area contributed by atoms with Crippen molar-refractivity contribution in [2.24, 2.45) is 0 Å². The summed E-state index contributed by atoms with van der Waals surface area (Å²) in [7, 11) is -3.60. The highest BCUT2D eigenvalue weighted by Crippen LogP contribution is 2.21. The fraction of sp³-hybridized carbons (Fsp3) is 0.562. The van der Waals surface area contributed by atoms with Gasteiger partial charge in [0.2, 0.25) is 15.9 Å². The second-order valence-corrected chi connectivity index (χ2v) is 7.84. The van der Waals surface area contributed by atoms with Crippen molar-refractivity contribution in [2.45, 2.75) is 44.6 Å². The normalized spacial score (nSPS) is 18.1. The first-order valence-corrected chi connectivity index (χ1v) is 9.35.